The van der Waals surface area contributed by atoms with Gasteiger partial charge in [-0.25, -0.2) is 9.18 Å². The van der Waals surface area contributed by atoms with E-state index in [0.29, 0.717) is 38.1 Å². The van der Waals surface area contributed by atoms with E-state index in [2.05, 4.69) is 4.98 Å². The number of H-pyrrole nitrogens is 1. The summed E-state index contributed by atoms with van der Waals surface area (Å²) in [6.07, 6.45) is 1.10. The van der Waals surface area contributed by atoms with Crippen molar-refractivity contribution in [2.75, 3.05) is 19.7 Å². The molecule has 7 nitrogen and oxygen atoms in total. The molecule has 1 amide bonds. The van der Waals surface area contributed by atoms with E-state index in [1.165, 1.54) is 12.1 Å². The van der Waals surface area contributed by atoms with Gasteiger partial charge in [0.05, 0.1) is 17.5 Å². The molecule has 1 fully saturated rings. The average Bonchev–Trinajstić information content (AvgIpc) is 2.79. The fourth-order valence-corrected chi connectivity index (χ4v) is 4.64. The summed E-state index contributed by atoms with van der Waals surface area (Å²) in [4.78, 5) is 43.0. The fraction of sp³-hybridized carbons (Fsp3) is 0.348. The highest BCUT2D eigenvalue weighted by Gasteiger charge is 2.33. The van der Waals surface area contributed by atoms with E-state index in [-0.39, 0.29) is 17.3 Å². The maximum atomic E-state index is 13.6. The lowest BCUT2D eigenvalue weighted by Crippen LogP contribution is -2.46. The van der Waals surface area contributed by atoms with Gasteiger partial charge in [-0.1, -0.05) is 24.3 Å². The first-order chi connectivity index (χ1) is 15.0. The van der Waals surface area contributed by atoms with Crippen LogP contribution in [0.3, 0.4) is 0 Å². The molecule has 0 spiro atoms. The lowest BCUT2D eigenvalue weighted by Gasteiger charge is -2.36. The molecule has 1 saturated heterocycles. The molecule has 0 saturated carbocycles. The number of fused-ring (bicyclic) bond motifs is 2. The van der Waals surface area contributed by atoms with Crippen LogP contribution in [0.15, 0.2) is 52.1 Å². The Bertz CT molecular complexity index is 1270. The maximum Gasteiger partial charge on any atom is 0.329 e. The summed E-state index contributed by atoms with van der Waals surface area (Å²) in [5.41, 5.74) is 1.33. The average molecular weight is 423 g/mol. The number of rotatable bonds is 2. The summed E-state index contributed by atoms with van der Waals surface area (Å²) in [7, 11) is 0. The Labute approximate surface area is 177 Å². The summed E-state index contributed by atoms with van der Waals surface area (Å²) in [5, 5.41) is 0.144. The zero-order chi connectivity index (χ0) is 21.5. The van der Waals surface area contributed by atoms with Gasteiger partial charge in [0, 0.05) is 19.1 Å². The van der Waals surface area contributed by atoms with E-state index in [0.717, 1.165) is 28.2 Å². The van der Waals surface area contributed by atoms with E-state index < -0.39 is 23.2 Å². The van der Waals surface area contributed by atoms with E-state index in [1.807, 2.05) is 24.3 Å². The predicted molar refractivity (Wildman–Crippen MR) is 112 cm³/mol. The first-order valence-electron chi connectivity index (χ1n) is 10.4. The number of nitrogens with zero attached hydrogens (tertiary/aromatic N) is 2. The second-order valence-electron chi connectivity index (χ2n) is 8.05. The lowest BCUT2D eigenvalue weighted by atomic mass is 9.96. The molecule has 160 valence electrons. The molecular formula is C23H22FN3O4. The molecule has 1 N–H and O–H groups in total. The molecule has 2 aliphatic heterocycles. The SMILES string of the molecule is O=C(C1OCCc2ccccc21)N1CCC(n2c(=O)[nH]c3ccc(F)cc3c2=O)CC1. The highest BCUT2D eigenvalue weighted by molar-refractivity contribution is 5.83. The first-order valence-corrected chi connectivity index (χ1v) is 10.4. The number of nitrogens with one attached hydrogen (secondary N) is 1. The zero-order valence-electron chi connectivity index (χ0n) is 16.8. The Morgan fingerprint density at radius 1 is 1.10 bits per heavy atom. The van der Waals surface area contributed by atoms with E-state index in [1.54, 1.807) is 4.90 Å². The van der Waals surface area contributed by atoms with Crippen LogP contribution >= 0.6 is 0 Å². The van der Waals surface area contributed by atoms with Gasteiger partial charge in [-0.15, -0.1) is 0 Å². The van der Waals surface area contributed by atoms with Crippen molar-refractivity contribution in [3.63, 3.8) is 0 Å². The van der Waals surface area contributed by atoms with Crippen LogP contribution in [0.25, 0.3) is 10.9 Å². The molecular weight excluding hydrogens is 401 g/mol. The number of carbonyl (C=O) groups is 1. The van der Waals surface area contributed by atoms with Gasteiger partial charge in [0.15, 0.2) is 6.10 Å². The van der Waals surface area contributed by atoms with Gasteiger partial charge < -0.3 is 14.6 Å². The number of aromatic amines is 1. The maximum absolute atomic E-state index is 13.6. The van der Waals surface area contributed by atoms with Gasteiger partial charge >= 0.3 is 5.69 Å². The molecule has 1 unspecified atom stereocenters. The predicted octanol–water partition coefficient (Wildman–Crippen LogP) is 2.31. The number of benzene rings is 2. The standard InChI is InChI=1S/C23H22FN3O4/c24-15-5-6-19-18(13-15)21(28)27(23(30)25-19)16-7-10-26(11-8-16)22(29)20-17-4-2-1-3-14(17)9-12-31-20/h1-6,13,16,20H,7-12H2,(H,25,30). The molecule has 1 aromatic heterocycles. The van der Waals surface area contributed by atoms with Crippen LogP contribution in [0.5, 0.6) is 0 Å². The highest BCUT2D eigenvalue weighted by Crippen LogP contribution is 2.30. The van der Waals surface area contributed by atoms with Crippen LogP contribution in [0.1, 0.15) is 36.1 Å². The molecule has 3 aromatic rings. The number of hydrogen-bond acceptors (Lipinski definition) is 4. The third-order valence-corrected chi connectivity index (χ3v) is 6.25. The third-order valence-electron chi connectivity index (χ3n) is 6.25. The number of likely N-dealkylation sites (tertiary alicyclic amines) is 1. The molecule has 1 atom stereocenters. The summed E-state index contributed by atoms with van der Waals surface area (Å²) in [6, 6.07) is 11.2. The number of aromatic nitrogens is 2. The number of piperidine rings is 1. The quantitative estimate of drug-likeness (QED) is 0.686. The number of halogens is 1. The van der Waals surface area contributed by atoms with Crippen molar-refractivity contribution in [3.05, 3.63) is 80.2 Å². The summed E-state index contributed by atoms with van der Waals surface area (Å²) in [6.45, 7) is 1.33. The molecule has 2 aliphatic rings. The minimum atomic E-state index is -0.615. The molecule has 31 heavy (non-hydrogen) atoms. The van der Waals surface area contributed by atoms with Crippen molar-refractivity contribution in [3.8, 4) is 0 Å². The van der Waals surface area contributed by atoms with Crippen molar-refractivity contribution < 1.29 is 13.9 Å². The van der Waals surface area contributed by atoms with Crippen LogP contribution in [0.4, 0.5) is 4.39 Å². The fourth-order valence-electron chi connectivity index (χ4n) is 4.64. The van der Waals surface area contributed by atoms with Gasteiger partial charge in [0.1, 0.15) is 5.82 Å². The van der Waals surface area contributed by atoms with Gasteiger partial charge in [-0.2, -0.15) is 0 Å². The van der Waals surface area contributed by atoms with Gasteiger partial charge in [-0.3, -0.25) is 14.2 Å². The number of hydrogen-bond donors (Lipinski definition) is 1. The smallest absolute Gasteiger partial charge is 0.329 e. The molecule has 0 radical (unpaired) electrons. The normalized spacial score (nSPS) is 19.4. The largest absolute Gasteiger partial charge is 0.363 e. The van der Waals surface area contributed by atoms with Crippen molar-refractivity contribution >= 4 is 16.8 Å². The zero-order valence-corrected chi connectivity index (χ0v) is 16.8. The van der Waals surface area contributed by atoms with E-state index in [4.69, 9.17) is 4.74 Å². The second-order valence-corrected chi connectivity index (χ2v) is 8.05. The van der Waals surface area contributed by atoms with Crippen LogP contribution in [0, 0.1) is 5.82 Å². The number of ether oxygens (including phenoxy) is 1. The van der Waals surface area contributed by atoms with Crippen LogP contribution in [-0.2, 0) is 16.0 Å². The first kappa shape index (κ1) is 19.7. The van der Waals surface area contributed by atoms with Crippen molar-refractivity contribution in [2.45, 2.75) is 31.4 Å². The van der Waals surface area contributed by atoms with Crippen molar-refractivity contribution in [1.29, 1.82) is 0 Å². The topological polar surface area (TPSA) is 84.4 Å². The Balaban J connectivity index is 1.36. The Morgan fingerprint density at radius 2 is 1.87 bits per heavy atom. The van der Waals surface area contributed by atoms with Gasteiger partial charge in [-0.05, 0) is 48.6 Å². The Hall–Kier alpha value is -3.26. The molecule has 0 aliphatic carbocycles. The Morgan fingerprint density at radius 3 is 2.68 bits per heavy atom. The summed E-state index contributed by atoms with van der Waals surface area (Å²) in [5.74, 6) is -0.621. The number of carbonyl (C=O) groups excluding carboxylic acids is 1. The van der Waals surface area contributed by atoms with E-state index in [9.17, 15) is 18.8 Å². The van der Waals surface area contributed by atoms with Gasteiger partial charge in [0.25, 0.3) is 11.5 Å². The van der Waals surface area contributed by atoms with E-state index >= 15 is 0 Å². The minimum absolute atomic E-state index is 0.0903. The molecule has 5 rings (SSSR count). The highest BCUT2D eigenvalue weighted by atomic mass is 19.1. The second kappa shape index (κ2) is 7.77. The molecule has 0 bridgehead atoms. The molecule has 8 heteroatoms. The molecule has 3 heterocycles. The molecule has 2 aromatic carbocycles. The summed E-state index contributed by atoms with van der Waals surface area (Å²) < 4.78 is 20.6. The van der Waals surface area contributed by atoms with Gasteiger partial charge in [0.2, 0.25) is 0 Å². The van der Waals surface area contributed by atoms with Crippen LogP contribution in [0.2, 0.25) is 0 Å². The minimum Gasteiger partial charge on any atom is -0.363 e. The van der Waals surface area contributed by atoms with Crippen molar-refractivity contribution in [2.24, 2.45) is 0 Å². The number of amides is 1. The summed E-state index contributed by atoms with van der Waals surface area (Å²) >= 11 is 0. The Kier molecular flexibility index (Phi) is 4.94. The van der Waals surface area contributed by atoms with Crippen LogP contribution < -0.4 is 11.2 Å². The third kappa shape index (κ3) is 3.46. The lowest BCUT2D eigenvalue weighted by molar-refractivity contribution is -0.146. The monoisotopic (exact) mass is 423 g/mol. The van der Waals surface area contributed by atoms with Crippen molar-refractivity contribution in [1.82, 2.24) is 14.5 Å². The van der Waals surface area contributed by atoms with Crippen LogP contribution in [-0.4, -0.2) is 40.1 Å².